The molecule has 2 amide bonds. The van der Waals surface area contributed by atoms with Gasteiger partial charge in [0.25, 0.3) is 11.8 Å². The van der Waals surface area contributed by atoms with Gasteiger partial charge in [-0.25, -0.2) is 4.90 Å². The molecular weight excluding hydrogens is 434 g/mol. The number of anilines is 2. The number of hydrogen-bond acceptors (Lipinski definition) is 4. The molecule has 0 unspecified atom stereocenters. The Labute approximate surface area is 198 Å². The van der Waals surface area contributed by atoms with Crippen LogP contribution < -0.4 is 9.80 Å². The summed E-state index contributed by atoms with van der Waals surface area (Å²) in [6, 6.07) is 25.0. The first kappa shape index (κ1) is 21.3. The van der Waals surface area contributed by atoms with Crippen LogP contribution in [0.2, 0.25) is 5.02 Å². The smallest absolute Gasteiger partial charge is 0.282 e. The number of carbonyl (C=O) groups is 2. The van der Waals surface area contributed by atoms with Crippen LogP contribution >= 0.6 is 11.6 Å². The van der Waals surface area contributed by atoms with Gasteiger partial charge >= 0.3 is 0 Å². The van der Waals surface area contributed by atoms with E-state index >= 15 is 0 Å². The van der Waals surface area contributed by atoms with Crippen molar-refractivity contribution >= 4 is 40.4 Å². The van der Waals surface area contributed by atoms with Gasteiger partial charge in [0, 0.05) is 36.9 Å². The molecule has 33 heavy (non-hydrogen) atoms. The summed E-state index contributed by atoms with van der Waals surface area (Å²) in [7, 11) is 0. The topological polar surface area (TPSA) is 43.9 Å². The molecule has 3 aromatic carbocycles. The number of aryl methyl sites for hydroxylation is 1. The average molecular weight is 458 g/mol. The number of carbonyl (C=O) groups excluding carboxylic acids is 2. The Bertz CT molecular complexity index is 1230. The molecule has 166 valence electrons. The Morgan fingerprint density at radius 3 is 1.97 bits per heavy atom. The lowest BCUT2D eigenvalue weighted by Gasteiger charge is -2.37. The predicted octanol–water partition coefficient (Wildman–Crippen LogP) is 4.76. The van der Waals surface area contributed by atoms with Gasteiger partial charge < -0.3 is 9.80 Å². The molecule has 6 heteroatoms. The maximum absolute atomic E-state index is 13.7. The standard InChI is InChI=1S/C27H24ClN3O2/c1-19-18-21(28)12-13-23(19)31-26(32)24(20-8-4-2-5-9-20)25(27(31)33)30-16-14-29(15-17-30)22-10-6-3-7-11-22/h2-13,18H,14-17H2,1H3. The maximum Gasteiger partial charge on any atom is 0.282 e. The molecule has 2 aliphatic heterocycles. The van der Waals surface area contributed by atoms with Crippen LogP contribution in [-0.2, 0) is 9.59 Å². The van der Waals surface area contributed by atoms with E-state index < -0.39 is 0 Å². The molecule has 0 saturated carbocycles. The van der Waals surface area contributed by atoms with Crippen LogP contribution in [0.3, 0.4) is 0 Å². The zero-order valence-electron chi connectivity index (χ0n) is 18.4. The lowest BCUT2D eigenvalue weighted by atomic mass is 10.0. The quantitative estimate of drug-likeness (QED) is 0.530. The van der Waals surface area contributed by atoms with Crippen molar-refractivity contribution in [2.75, 3.05) is 36.0 Å². The van der Waals surface area contributed by atoms with Gasteiger partial charge in [-0.1, -0.05) is 60.1 Å². The molecule has 5 rings (SSSR count). The molecule has 5 nitrogen and oxygen atoms in total. The number of amides is 2. The number of halogens is 1. The molecule has 0 spiro atoms. The van der Waals surface area contributed by atoms with Crippen LogP contribution in [-0.4, -0.2) is 42.9 Å². The lowest BCUT2D eigenvalue weighted by molar-refractivity contribution is -0.120. The minimum absolute atomic E-state index is 0.280. The van der Waals surface area contributed by atoms with E-state index in [2.05, 4.69) is 21.9 Å². The van der Waals surface area contributed by atoms with E-state index in [9.17, 15) is 9.59 Å². The first-order valence-electron chi connectivity index (χ1n) is 11.0. The highest BCUT2D eigenvalue weighted by atomic mass is 35.5. The van der Waals surface area contributed by atoms with Gasteiger partial charge in [0.05, 0.1) is 11.3 Å². The van der Waals surface area contributed by atoms with Crippen molar-refractivity contribution in [3.8, 4) is 0 Å². The number of para-hydroxylation sites is 1. The van der Waals surface area contributed by atoms with Crippen molar-refractivity contribution in [3.63, 3.8) is 0 Å². The van der Waals surface area contributed by atoms with Gasteiger partial charge in [0.1, 0.15) is 5.70 Å². The highest BCUT2D eigenvalue weighted by Gasteiger charge is 2.43. The molecule has 0 bridgehead atoms. The minimum atomic E-state index is -0.294. The molecule has 0 N–H and O–H groups in total. The number of imide groups is 1. The van der Waals surface area contributed by atoms with Crippen molar-refractivity contribution in [1.82, 2.24) is 4.90 Å². The van der Waals surface area contributed by atoms with Crippen LogP contribution in [0.4, 0.5) is 11.4 Å². The second-order valence-electron chi connectivity index (χ2n) is 8.28. The number of nitrogens with zero attached hydrogens (tertiary/aromatic N) is 3. The van der Waals surface area contributed by atoms with Crippen molar-refractivity contribution in [3.05, 3.63) is 101 Å². The summed E-state index contributed by atoms with van der Waals surface area (Å²) < 4.78 is 0. The fourth-order valence-electron chi connectivity index (χ4n) is 4.59. The molecule has 0 atom stereocenters. The summed E-state index contributed by atoms with van der Waals surface area (Å²) in [4.78, 5) is 33.1. The number of rotatable bonds is 4. The van der Waals surface area contributed by atoms with Crippen LogP contribution in [0.15, 0.2) is 84.6 Å². The highest BCUT2D eigenvalue weighted by Crippen LogP contribution is 2.37. The third-order valence-corrected chi connectivity index (χ3v) is 6.47. The summed E-state index contributed by atoms with van der Waals surface area (Å²) in [5.74, 6) is -0.574. The Morgan fingerprint density at radius 2 is 1.33 bits per heavy atom. The third-order valence-electron chi connectivity index (χ3n) is 6.24. The highest BCUT2D eigenvalue weighted by molar-refractivity contribution is 6.45. The molecule has 2 heterocycles. The number of piperazine rings is 1. The van der Waals surface area contributed by atoms with Gasteiger partial charge in [-0.2, -0.15) is 0 Å². The van der Waals surface area contributed by atoms with E-state index in [1.165, 1.54) is 10.6 Å². The van der Waals surface area contributed by atoms with Gasteiger partial charge in [-0.05, 0) is 48.4 Å². The molecule has 0 aliphatic carbocycles. The molecule has 0 radical (unpaired) electrons. The fraction of sp³-hybridized carbons (Fsp3) is 0.185. The number of benzene rings is 3. The van der Waals surface area contributed by atoms with Gasteiger partial charge in [-0.15, -0.1) is 0 Å². The molecule has 0 aromatic heterocycles. The van der Waals surface area contributed by atoms with Crippen molar-refractivity contribution in [2.45, 2.75) is 6.92 Å². The summed E-state index contributed by atoms with van der Waals surface area (Å²) in [5, 5.41) is 0.573. The second kappa shape index (κ2) is 8.75. The lowest BCUT2D eigenvalue weighted by Crippen LogP contribution is -2.47. The molecule has 1 saturated heterocycles. The molecular formula is C27H24ClN3O2. The SMILES string of the molecule is Cc1cc(Cl)ccc1N1C(=O)C(c2ccccc2)=C(N2CCN(c3ccccc3)CC2)C1=O. The van der Waals surface area contributed by atoms with Crippen molar-refractivity contribution in [1.29, 1.82) is 0 Å². The van der Waals surface area contributed by atoms with Crippen molar-refractivity contribution in [2.24, 2.45) is 0 Å². The summed E-state index contributed by atoms with van der Waals surface area (Å²) in [6.07, 6.45) is 0. The number of hydrogen-bond donors (Lipinski definition) is 0. The minimum Gasteiger partial charge on any atom is -0.368 e. The summed E-state index contributed by atoms with van der Waals surface area (Å²) >= 11 is 6.12. The van der Waals surface area contributed by atoms with Gasteiger partial charge in [0.15, 0.2) is 0 Å². The average Bonchev–Trinajstić information content (AvgIpc) is 3.10. The van der Waals surface area contributed by atoms with Crippen LogP contribution in [0.5, 0.6) is 0 Å². The third kappa shape index (κ3) is 3.89. The summed E-state index contributed by atoms with van der Waals surface area (Å²) in [5.41, 5.74) is 4.22. The Morgan fingerprint density at radius 1 is 0.727 bits per heavy atom. The normalized spacial score (nSPS) is 16.7. The maximum atomic E-state index is 13.7. The monoisotopic (exact) mass is 457 g/mol. The summed E-state index contributed by atoms with van der Waals surface area (Å²) in [6.45, 7) is 4.73. The van der Waals surface area contributed by atoms with Crippen LogP contribution in [0, 0.1) is 6.92 Å². The largest absolute Gasteiger partial charge is 0.368 e. The van der Waals surface area contributed by atoms with Gasteiger partial charge in [-0.3, -0.25) is 9.59 Å². The molecule has 1 fully saturated rings. The fourth-order valence-corrected chi connectivity index (χ4v) is 4.82. The Kier molecular flexibility index (Phi) is 5.65. The predicted molar refractivity (Wildman–Crippen MR) is 132 cm³/mol. The molecule has 2 aliphatic rings. The van der Waals surface area contributed by atoms with Gasteiger partial charge in [0.2, 0.25) is 0 Å². The second-order valence-corrected chi connectivity index (χ2v) is 8.71. The van der Waals surface area contributed by atoms with E-state index in [0.717, 1.165) is 24.2 Å². The van der Waals surface area contributed by atoms with E-state index in [4.69, 9.17) is 11.6 Å². The Hall–Kier alpha value is -3.57. The van der Waals surface area contributed by atoms with E-state index in [0.29, 0.717) is 35.1 Å². The Balaban J connectivity index is 1.51. The first-order chi connectivity index (χ1) is 16.0. The van der Waals surface area contributed by atoms with Crippen molar-refractivity contribution < 1.29 is 9.59 Å². The van der Waals surface area contributed by atoms with Crippen LogP contribution in [0.25, 0.3) is 5.57 Å². The zero-order chi connectivity index (χ0) is 22.9. The molecule has 3 aromatic rings. The van der Waals surface area contributed by atoms with E-state index in [1.54, 1.807) is 18.2 Å². The zero-order valence-corrected chi connectivity index (χ0v) is 19.1. The van der Waals surface area contributed by atoms with E-state index in [1.807, 2.05) is 55.5 Å². The van der Waals surface area contributed by atoms with E-state index in [-0.39, 0.29) is 11.8 Å². The first-order valence-corrected chi connectivity index (χ1v) is 11.4. The van der Waals surface area contributed by atoms with Crippen LogP contribution in [0.1, 0.15) is 11.1 Å².